The Hall–Kier alpha value is -2.40. The van der Waals surface area contributed by atoms with Crippen LogP contribution in [0.3, 0.4) is 0 Å². The van der Waals surface area contributed by atoms with Gasteiger partial charge in [-0.3, -0.25) is 4.79 Å². The molecule has 2 aromatic carbocycles. The number of rotatable bonds is 7. The molecule has 0 spiro atoms. The average molecular weight is 350 g/mol. The van der Waals surface area contributed by atoms with E-state index < -0.39 is 6.10 Å². The lowest BCUT2D eigenvalue weighted by molar-refractivity contribution is -0.122. The second-order valence-corrected chi connectivity index (χ2v) is 5.46. The SMILES string of the molecule is CC[C@@H](Oc1cccc(Cl)c1)C(=O)Nc1ccc(OC)cc1OC. The first kappa shape index (κ1) is 17.9. The molecule has 0 heterocycles. The summed E-state index contributed by atoms with van der Waals surface area (Å²) in [5.74, 6) is 1.44. The van der Waals surface area contributed by atoms with E-state index in [9.17, 15) is 4.79 Å². The fourth-order valence-electron chi connectivity index (χ4n) is 2.14. The predicted octanol–water partition coefficient (Wildman–Crippen LogP) is 4.15. The molecule has 2 aromatic rings. The van der Waals surface area contributed by atoms with E-state index in [4.69, 9.17) is 25.8 Å². The van der Waals surface area contributed by atoms with Crippen LogP contribution in [0, 0.1) is 0 Å². The van der Waals surface area contributed by atoms with Gasteiger partial charge in [-0.25, -0.2) is 0 Å². The molecule has 2 rings (SSSR count). The first-order chi connectivity index (χ1) is 11.6. The largest absolute Gasteiger partial charge is 0.497 e. The molecule has 0 radical (unpaired) electrons. The zero-order valence-corrected chi connectivity index (χ0v) is 14.6. The van der Waals surface area contributed by atoms with Crippen LogP contribution in [0.2, 0.25) is 5.02 Å². The summed E-state index contributed by atoms with van der Waals surface area (Å²) in [5, 5.41) is 3.38. The van der Waals surface area contributed by atoms with Gasteiger partial charge in [-0.05, 0) is 36.8 Å². The molecule has 0 unspecified atom stereocenters. The molecule has 0 bridgehead atoms. The maximum atomic E-state index is 12.5. The van der Waals surface area contributed by atoms with Crippen molar-refractivity contribution in [3.8, 4) is 17.2 Å². The Morgan fingerprint density at radius 3 is 2.54 bits per heavy atom. The number of carbonyl (C=O) groups excluding carboxylic acids is 1. The van der Waals surface area contributed by atoms with E-state index >= 15 is 0 Å². The molecule has 1 N–H and O–H groups in total. The third kappa shape index (κ3) is 4.55. The van der Waals surface area contributed by atoms with Gasteiger partial charge in [0, 0.05) is 11.1 Å². The second-order valence-electron chi connectivity index (χ2n) is 5.03. The number of hydrogen-bond acceptors (Lipinski definition) is 4. The minimum absolute atomic E-state index is 0.263. The molecule has 0 aliphatic carbocycles. The summed E-state index contributed by atoms with van der Waals surface area (Å²) >= 11 is 5.94. The first-order valence-electron chi connectivity index (χ1n) is 7.52. The molecule has 128 valence electrons. The van der Waals surface area contributed by atoms with Crippen LogP contribution in [-0.2, 0) is 4.79 Å². The summed E-state index contributed by atoms with van der Waals surface area (Å²) in [5.41, 5.74) is 0.552. The number of benzene rings is 2. The summed E-state index contributed by atoms with van der Waals surface area (Å²) in [4.78, 5) is 12.5. The number of nitrogens with one attached hydrogen (secondary N) is 1. The quantitative estimate of drug-likeness (QED) is 0.815. The van der Waals surface area contributed by atoms with Crippen molar-refractivity contribution in [2.75, 3.05) is 19.5 Å². The highest BCUT2D eigenvalue weighted by atomic mass is 35.5. The molecule has 24 heavy (non-hydrogen) atoms. The maximum absolute atomic E-state index is 12.5. The lowest BCUT2D eigenvalue weighted by atomic mass is 10.2. The number of ether oxygens (including phenoxy) is 3. The van der Waals surface area contributed by atoms with Crippen molar-refractivity contribution < 1.29 is 19.0 Å². The number of hydrogen-bond donors (Lipinski definition) is 1. The Bertz CT molecular complexity index is 705. The van der Waals surface area contributed by atoms with Crippen molar-refractivity contribution in [1.82, 2.24) is 0 Å². The van der Waals surface area contributed by atoms with E-state index in [0.29, 0.717) is 34.4 Å². The Kier molecular flexibility index (Phi) is 6.32. The molecule has 5 nitrogen and oxygen atoms in total. The molecule has 0 saturated heterocycles. The number of carbonyl (C=O) groups is 1. The molecule has 1 amide bonds. The lowest BCUT2D eigenvalue weighted by Gasteiger charge is -2.18. The zero-order valence-electron chi connectivity index (χ0n) is 13.8. The lowest BCUT2D eigenvalue weighted by Crippen LogP contribution is -2.32. The van der Waals surface area contributed by atoms with Crippen molar-refractivity contribution in [3.05, 3.63) is 47.5 Å². The van der Waals surface area contributed by atoms with Crippen LogP contribution in [0.4, 0.5) is 5.69 Å². The standard InChI is InChI=1S/C18H20ClNO4/c1-4-16(24-14-7-5-6-12(19)10-14)18(21)20-15-9-8-13(22-2)11-17(15)23-3/h5-11,16H,4H2,1-3H3,(H,20,21)/t16-/m1/s1. The van der Waals surface area contributed by atoms with Crippen molar-refractivity contribution in [2.24, 2.45) is 0 Å². The fourth-order valence-corrected chi connectivity index (χ4v) is 2.32. The Labute approximate surface area is 146 Å². The Balaban J connectivity index is 2.12. The van der Waals surface area contributed by atoms with Crippen LogP contribution in [0.25, 0.3) is 0 Å². The van der Waals surface area contributed by atoms with Gasteiger partial charge in [0.05, 0.1) is 19.9 Å². The minimum atomic E-state index is -0.643. The van der Waals surface area contributed by atoms with E-state index in [-0.39, 0.29) is 5.91 Å². The Morgan fingerprint density at radius 2 is 1.92 bits per heavy atom. The predicted molar refractivity (Wildman–Crippen MR) is 94.3 cm³/mol. The molecular weight excluding hydrogens is 330 g/mol. The summed E-state index contributed by atoms with van der Waals surface area (Å²) in [7, 11) is 3.10. The van der Waals surface area contributed by atoms with Crippen LogP contribution in [0.1, 0.15) is 13.3 Å². The third-order valence-corrected chi connectivity index (χ3v) is 3.64. The topological polar surface area (TPSA) is 56.8 Å². The molecule has 0 saturated carbocycles. The van der Waals surface area contributed by atoms with Gasteiger partial charge >= 0.3 is 0 Å². The van der Waals surface area contributed by atoms with Crippen molar-refractivity contribution >= 4 is 23.2 Å². The smallest absolute Gasteiger partial charge is 0.265 e. The monoisotopic (exact) mass is 349 g/mol. The molecule has 0 aliphatic heterocycles. The van der Waals surface area contributed by atoms with Crippen LogP contribution in [0.5, 0.6) is 17.2 Å². The van der Waals surface area contributed by atoms with Gasteiger partial charge in [0.1, 0.15) is 17.2 Å². The number of anilines is 1. The summed E-state index contributed by atoms with van der Waals surface area (Å²) in [6, 6.07) is 12.1. The summed E-state index contributed by atoms with van der Waals surface area (Å²) in [6.07, 6.45) is -0.133. The minimum Gasteiger partial charge on any atom is -0.497 e. The van der Waals surface area contributed by atoms with Gasteiger partial charge < -0.3 is 19.5 Å². The van der Waals surface area contributed by atoms with Gasteiger partial charge in [0.25, 0.3) is 5.91 Å². The molecule has 0 aromatic heterocycles. The van der Waals surface area contributed by atoms with Gasteiger partial charge in [0.15, 0.2) is 6.10 Å². The van der Waals surface area contributed by atoms with Crippen LogP contribution < -0.4 is 19.5 Å². The second kappa shape index (κ2) is 8.45. The molecule has 0 fully saturated rings. The normalized spacial score (nSPS) is 11.5. The molecule has 1 atom stereocenters. The van der Waals surface area contributed by atoms with E-state index in [1.165, 1.54) is 7.11 Å². The van der Waals surface area contributed by atoms with Gasteiger partial charge in [-0.15, -0.1) is 0 Å². The highest BCUT2D eigenvalue weighted by molar-refractivity contribution is 6.30. The number of methoxy groups -OCH3 is 2. The van der Waals surface area contributed by atoms with Gasteiger partial charge in [0.2, 0.25) is 0 Å². The van der Waals surface area contributed by atoms with Crippen LogP contribution in [-0.4, -0.2) is 26.2 Å². The van der Waals surface area contributed by atoms with Gasteiger partial charge in [-0.1, -0.05) is 24.6 Å². The van der Waals surface area contributed by atoms with Crippen molar-refractivity contribution in [2.45, 2.75) is 19.4 Å². The van der Waals surface area contributed by atoms with E-state index in [1.54, 1.807) is 49.6 Å². The maximum Gasteiger partial charge on any atom is 0.265 e. The zero-order chi connectivity index (χ0) is 17.5. The van der Waals surface area contributed by atoms with Crippen molar-refractivity contribution in [1.29, 1.82) is 0 Å². The first-order valence-corrected chi connectivity index (χ1v) is 7.90. The summed E-state index contributed by atoms with van der Waals surface area (Å²) < 4.78 is 16.2. The third-order valence-electron chi connectivity index (χ3n) is 3.40. The number of halogens is 1. The molecule has 0 aliphatic rings. The molecule has 6 heteroatoms. The highest BCUT2D eigenvalue weighted by Gasteiger charge is 2.20. The van der Waals surface area contributed by atoms with Crippen LogP contribution >= 0.6 is 11.6 Å². The fraction of sp³-hybridized carbons (Fsp3) is 0.278. The van der Waals surface area contributed by atoms with Crippen molar-refractivity contribution in [3.63, 3.8) is 0 Å². The van der Waals surface area contributed by atoms with E-state index in [2.05, 4.69) is 5.32 Å². The highest BCUT2D eigenvalue weighted by Crippen LogP contribution is 2.29. The Morgan fingerprint density at radius 1 is 1.12 bits per heavy atom. The summed E-state index contributed by atoms with van der Waals surface area (Å²) in [6.45, 7) is 1.88. The number of amides is 1. The van der Waals surface area contributed by atoms with Crippen LogP contribution in [0.15, 0.2) is 42.5 Å². The molecular formula is C18H20ClNO4. The average Bonchev–Trinajstić information content (AvgIpc) is 2.59. The van der Waals surface area contributed by atoms with E-state index in [0.717, 1.165) is 0 Å². The van der Waals surface area contributed by atoms with Gasteiger partial charge in [-0.2, -0.15) is 0 Å². The van der Waals surface area contributed by atoms with E-state index in [1.807, 2.05) is 6.92 Å².